The molecule has 2 rings (SSSR count). The molecule has 0 saturated carbocycles. The molecule has 0 spiro atoms. The standard InChI is InChI=1S/C18H25NS/c1-14-7-5-6-8-17(14)16(12-19-18(2,3)4)11-15-9-10-20-13-15/h5-10,13,16,19H,11-12H2,1-4H3. The second-order valence-corrected chi connectivity index (χ2v) is 7.30. The van der Waals surface area contributed by atoms with E-state index < -0.39 is 0 Å². The summed E-state index contributed by atoms with van der Waals surface area (Å²) in [6.07, 6.45) is 1.11. The minimum Gasteiger partial charge on any atom is -0.311 e. The molecule has 1 heterocycles. The fourth-order valence-corrected chi connectivity index (χ4v) is 3.14. The molecule has 0 amide bonds. The van der Waals surface area contributed by atoms with E-state index in [2.05, 4.69) is 74.1 Å². The molecule has 20 heavy (non-hydrogen) atoms. The van der Waals surface area contributed by atoms with E-state index in [0.29, 0.717) is 5.92 Å². The lowest BCUT2D eigenvalue weighted by Crippen LogP contribution is -2.39. The first kappa shape index (κ1) is 15.3. The lowest BCUT2D eigenvalue weighted by Gasteiger charge is -2.26. The Morgan fingerprint density at radius 3 is 2.50 bits per heavy atom. The Hall–Kier alpha value is -1.12. The van der Waals surface area contributed by atoms with Gasteiger partial charge in [0.25, 0.3) is 0 Å². The van der Waals surface area contributed by atoms with Gasteiger partial charge in [-0.15, -0.1) is 0 Å². The number of aryl methyl sites for hydroxylation is 1. The summed E-state index contributed by atoms with van der Waals surface area (Å²) in [5.41, 5.74) is 4.47. The second-order valence-electron chi connectivity index (χ2n) is 6.52. The maximum Gasteiger partial charge on any atom is 0.00967 e. The highest BCUT2D eigenvalue weighted by atomic mass is 32.1. The number of benzene rings is 1. The highest BCUT2D eigenvalue weighted by Gasteiger charge is 2.18. The number of hydrogen-bond donors (Lipinski definition) is 1. The zero-order valence-corrected chi connectivity index (χ0v) is 13.8. The number of thiophene rings is 1. The van der Waals surface area contributed by atoms with Crippen LogP contribution in [0.5, 0.6) is 0 Å². The largest absolute Gasteiger partial charge is 0.311 e. The van der Waals surface area contributed by atoms with Crippen molar-refractivity contribution in [3.63, 3.8) is 0 Å². The summed E-state index contributed by atoms with van der Waals surface area (Å²) < 4.78 is 0. The van der Waals surface area contributed by atoms with Crippen LogP contribution in [0.25, 0.3) is 0 Å². The fraction of sp³-hybridized carbons (Fsp3) is 0.444. The summed E-state index contributed by atoms with van der Waals surface area (Å²) >= 11 is 1.78. The summed E-state index contributed by atoms with van der Waals surface area (Å²) in [6.45, 7) is 9.92. The van der Waals surface area contributed by atoms with E-state index in [1.165, 1.54) is 16.7 Å². The Bertz CT molecular complexity index is 523. The summed E-state index contributed by atoms with van der Waals surface area (Å²) in [5.74, 6) is 0.532. The zero-order valence-electron chi connectivity index (χ0n) is 12.9. The predicted octanol–water partition coefficient (Wildman–Crippen LogP) is 4.77. The first-order valence-electron chi connectivity index (χ1n) is 7.27. The summed E-state index contributed by atoms with van der Waals surface area (Å²) in [6, 6.07) is 11.0. The topological polar surface area (TPSA) is 12.0 Å². The molecular weight excluding hydrogens is 262 g/mol. The third kappa shape index (κ3) is 4.46. The zero-order chi connectivity index (χ0) is 14.6. The van der Waals surface area contributed by atoms with Crippen molar-refractivity contribution in [2.75, 3.05) is 6.54 Å². The third-order valence-electron chi connectivity index (χ3n) is 3.57. The van der Waals surface area contributed by atoms with Crippen molar-refractivity contribution in [2.24, 2.45) is 0 Å². The van der Waals surface area contributed by atoms with Crippen LogP contribution < -0.4 is 5.32 Å². The highest BCUT2D eigenvalue weighted by Crippen LogP contribution is 2.25. The van der Waals surface area contributed by atoms with Gasteiger partial charge >= 0.3 is 0 Å². The molecule has 0 bridgehead atoms. The van der Waals surface area contributed by atoms with E-state index >= 15 is 0 Å². The van der Waals surface area contributed by atoms with Gasteiger partial charge in [0.1, 0.15) is 0 Å². The summed E-state index contributed by atoms with van der Waals surface area (Å²) in [5, 5.41) is 8.10. The van der Waals surface area contributed by atoms with Gasteiger partial charge in [0.05, 0.1) is 0 Å². The van der Waals surface area contributed by atoms with Crippen molar-refractivity contribution in [1.82, 2.24) is 5.32 Å². The van der Waals surface area contributed by atoms with Crippen LogP contribution in [0.3, 0.4) is 0 Å². The fourth-order valence-electron chi connectivity index (χ4n) is 2.46. The normalized spacial score (nSPS) is 13.4. The van der Waals surface area contributed by atoms with Gasteiger partial charge < -0.3 is 5.32 Å². The molecule has 2 heteroatoms. The van der Waals surface area contributed by atoms with Crippen molar-refractivity contribution in [2.45, 2.75) is 45.6 Å². The van der Waals surface area contributed by atoms with Gasteiger partial charge in [0.15, 0.2) is 0 Å². The van der Waals surface area contributed by atoms with Crippen LogP contribution in [-0.2, 0) is 6.42 Å². The Morgan fingerprint density at radius 1 is 1.15 bits per heavy atom. The maximum absolute atomic E-state index is 3.66. The Balaban J connectivity index is 2.17. The first-order valence-corrected chi connectivity index (χ1v) is 8.21. The van der Waals surface area contributed by atoms with Gasteiger partial charge in [-0.1, -0.05) is 24.3 Å². The molecule has 1 nitrogen and oxygen atoms in total. The monoisotopic (exact) mass is 287 g/mol. The molecule has 1 aromatic heterocycles. The molecule has 0 aliphatic rings. The molecule has 1 N–H and O–H groups in total. The third-order valence-corrected chi connectivity index (χ3v) is 4.30. The molecule has 1 unspecified atom stereocenters. The van der Waals surface area contributed by atoms with E-state index in [4.69, 9.17) is 0 Å². The van der Waals surface area contributed by atoms with Crippen LogP contribution in [-0.4, -0.2) is 12.1 Å². The van der Waals surface area contributed by atoms with E-state index in [1.54, 1.807) is 11.3 Å². The molecule has 2 aromatic rings. The van der Waals surface area contributed by atoms with Crippen LogP contribution >= 0.6 is 11.3 Å². The minimum atomic E-state index is 0.162. The smallest absolute Gasteiger partial charge is 0.00967 e. The summed E-state index contributed by atoms with van der Waals surface area (Å²) in [7, 11) is 0. The van der Waals surface area contributed by atoms with Crippen LogP contribution in [0.4, 0.5) is 0 Å². The maximum atomic E-state index is 3.66. The Kier molecular flexibility index (Phi) is 5.00. The molecule has 0 radical (unpaired) electrons. The van der Waals surface area contributed by atoms with Crippen molar-refractivity contribution < 1.29 is 0 Å². The van der Waals surface area contributed by atoms with E-state index in [0.717, 1.165) is 13.0 Å². The Morgan fingerprint density at radius 2 is 1.90 bits per heavy atom. The Labute approximate surface area is 127 Å². The van der Waals surface area contributed by atoms with Gasteiger partial charge in [-0.25, -0.2) is 0 Å². The molecule has 108 valence electrons. The van der Waals surface area contributed by atoms with Crippen LogP contribution in [0.1, 0.15) is 43.4 Å². The quantitative estimate of drug-likeness (QED) is 0.835. The van der Waals surface area contributed by atoms with E-state index in [1.807, 2.05) is 0 Å². The highest BCUT2D eigenvalue weighted by molar-refractivity contribution is 7.07. The second kappa shape index (κ2) is 6.55. The molecule has 1 aromatic carbocycles. The van der Waals surface area contributed by atoms with Gasteiger partial charge in [-0.05, 0) is 67.6 Å². The van der Waals surface area contributed by atoms with Crippen LogP contribution in [0.2, 0.25) is 0 Å². The lowest BCUT2D eigenvalue weighted by molar-refractivity contribution is 0.404. The van der Waals surface area contributed by atoms with Gasteiger partial charge in [-0.2, -0.15) is 11.3 Å². The molecule has 1 atom stereocenters. The lowest BCUT2D eigenvalue weighted by atomic mass is 9.89. The van der Waals surface area contributed by atoms with E-state index in [-0.39, 0.29) is 5.54 Å². The van der Waals surface area contributed by atoms with Crippen molar-refractivity contribution in [1.29, 1.82) is 0 Å². The van der Waals surface area contributed by atoms with Crippen molar-refractivity contribution >= 4 is 11.3 Å². The van der Waals surface area contributed by atoms with Gasteiger partial charge in [0.2, 0.25) is 0 Å². The predicted molar refractivity (Wildman–Crippen MR) is 89.7 cm³/mol. The molecular formula is C18H25NS. The summed E-state index contributed by atoms with van der Waals surface area (Å²) in [4.78, 5) is 0. The first-order chi connectivity index (χ1) is 9.46. The molecule has 0 saturated heterocycles. The van der Waals surface area contributed by atoms with Gasteiger partial charge in [0, 0.05) is 18.0 Å². The number of hydrogen-bond acceptors (Lipinski definition) is 2. The van der Waals surface area contributed by atoms with E-state index in [9.17, 15) is 0 Å². The SMILES string of the molecule is Cc1ccccc1C(CNC(C)(C)C)Cc1ccsc1. The number of nitrogens with one attached hydrogen (secondary N) is 1. The number of rotatable bonds is 5. The minimum absolute atomic E-state index is 0.162. The van der Waals surface area contributed by atoms with Crippen molar-refractivity contribution in [3.8, 4) is 0 Å². The van der Waals surface area contributed by atoms with Crippen molar-refractivity contribution in [3.05, 3.63) is 57.8 Å². The van der Waals surface area contributed by atoms with Crippen LogP contribution in [0.15, 0.2) is 41.1 Å². The average Bonchev–Trinajstić information content (AvgIpc) is 2.87. The van der Waals surface area contributed by atoms with Crippen LogP contribution in [0, 0.1) is 6.92 Å². The molecule has 0 aliphatic carbocycles. The molecule has 0 aliphatic heterocycles. The molecule has 0 fully saturated rings. The van der Waals surface area contributed by atoms with Gasteiger partial charge in [-0.3, -0.25) is 0 Å². The average molecular weight is 287 g/mol.